The zero-order valence-corrected chi connectivity index (χ0v) is 11.5. The predicted molar refractivity (Wildman–Crippen MR) is 77.0 cm³/mol. The van der Waals surface area contributed by atoms with Crippen LogP contribution in [0.4, 0.5) is 0 Å². The Hall–Kier alpha value is -1.86. The Bertz CT molecular complexity index is 785. The normalized spacial score (nSPS) is 11.3. The molecule has 6 nitrogen and oxygen atoms in total. The lowest BCUT2D eigenvalue weighted by molar-refractivity contribution is 0.893. The summed E-state index contributed by atoms with van der Waals surface area (Å²) in [5.74, 6) is 0.840. The highest BCUT2D eigenvalue weighted by molar-refractivity contribution is 9.10. The third-order valence-corrected chi connectivity index (χ3v) is 3.45. The summed E-state index contributed by atoms with van der Waals surface area (Å²) in [5.41, 5.74) is 8.59. The monoisotopic (exact) mass is 321 g/mol. The molecule has 0 radical (unpaired) electrons. The van der Waals surface area contributed by atoms with E-state index < -0.39 is 0 Å². The van der Waals surface area contributed by atoms with Crippen LogP contribution in [0.15, 0.2) is 27.6 Å². The molecule has 0 amide bonds. The molecule has 0 saturated carbocycles. The second kappa shape index (κ2) is 4.67. The van der Waals surface area contributed by atoms with Crippen molar-refractivity contribution in [2.24, 2.45) is 5.73 Å². The zero-order valence-electron chi connectivity index (χ0n) is 9.96. The van der Waals surface area contributed by atoms with Gasteiger partial charge >= 0.3 is 5.69 Å². The molecule has 19 heavy (non-hydrogen) atoms. The molecule has 98 valence electrons. The van der Waals surface area contributed by atoms with Crippen molar-refractivity contribution >= 4 is 27.0 Å². The molecular formula is C12H12BrN5O. The van der Waals surface area contributed by atoms with Crippen LogP contribution in [0.3, 0.4) is 0 Å². The number of rotatable bonds is 3. The van der Waals surface area contributed by atoms with Crippen LogP contribution in [0.25, 0.3) is 22.3 Å². The summed E-state index contributed by atoms with van der Waals surface area (Å²) in [6.07, 6.45) is 0.696. The number of aromatic amines is 3. The fraction of sp³-hybridized carbons (Fsp3) is 0.167. The van der Waals surface area contributed by atoms with E-state index in [1.54, 1.807) is 0 Å². The van der Waals surface area contributed by atoms with Gasteiger partial charge in [0.2, 0.25) is 0 Å². The molecule has 0 bridgehead atoms. The molecule has 0 aliphatic heterocycles. The maximum Gasteiger partial charge on any atom is 0.323 e. The molecule has 0 fully saturated rings. The molecule has 0 saturated heterocycles. The number of nitrogens with zero attached hydrogens (tertiary/aromatic N) is 1. The molecule has 2 aromatic heterocycles. The van der Waals surface area contributed by atoms with Crippen molar-refractivity contribution in [3.63, 3.8) is 0 Å². The molecule has 5 N–H and O–H groups in total. The summed E-state index contributed by atoms with van der Waals surface area (Å²) < 4.78 is 0.813. The minimum Gasteiger partial charge on any atom is -0.336 e. The fourth-order valence-corrected chi connectivity index (χ4v) is 2.57. The highest BCUT2D eigenvalue weighted by Crippen LogP contribution is 2.27. The molecule has 0 aliphatic carbocycles. The smallest absolute Gasteiger partial charge is 0.323 e. The number of hydrogen-bond acceptors (Lipinski definition) is 3. The number of halogens is 1. The Kier molecular flexibility index (Phi) is 3.00. The molecular weight excluding hydrogens is 310 g/mol. The van der Waals surface area contributed by atoms with E-state index in [0.29, 0.717) is 13.0 Å². The van der Waals surface area contributed by atoms with Gasteiger partial charge in [0.05, 0.1) is 11.0 Å². The van der Waals surface area contributed by atoms with Gasteiger partial charge in [0, 0.05) is 12.0 Å². The molecule has 2 heterocycles. The van der Waals surface area contributed by atoms with Gasteiger partial charge in [-0.2, -0.15) is 0 Å². The lowest BCUT2D eigenvalue weighted by Crippen LogP contribution is -2.03. The lowest BCUT2D eigenvalue weighted by Gasteiger charge is -1.97. The number of benzene rings is 1. The number of imidazole rings is 2. The van der Waals surface area contributed by atoms with Crippen LogP contribution in [0.2, 0.25) is 0 Å². The Morgan fingerprint density at radius 3 is 2.79 bits per heavy atom. The first-order chi connectivity index (χ1) is 9.17. The Morgan fingerprint density at radius 2 is 2.00 bits per heavy atom. The summed E-state index contributed by atoms with van der Waals surface area (Å²) >= 11 is 3.45. The Balaban J connectivity index is 2.10. The van der Waals surface area contributed by atoms with Gasteiger partial charge in [-0.1, -0.05) is 6.07 Å². The van der Waals surface area contributed by atoms with Crippen molar-refractivity contribution in [1.29, 1.82) is 0 Å². The van der Waals surface area contributed by atoms with Crippen LogP contribution in [-0.4, -0.2) is 26.5 Å². The van der Waals surface area contributed by atoms with Crippen LogP contribution < -0.4 is 11.4 Å². The number of H-pyrrole nitrogens is 3. The summed E-state index contributed by atoms with van der Waals surface area (Å²) in [6.45, 7) is 0.545. The van der Waals surface area contributed by atoms with Crippen LogP contribution in [-0.2, 0) is 6.42 Å². The molecule has 0 spiro atoms. The number of fused-ring (bicyclic) bond motifs is 1. The van der Waals surface area contributed by atoms with Crippen molar-refractivity contribution in [1.82, 2.24) is 19.9 Å². The van der Waals surface area contributed by atoms with E-state index in [0.717, 1.165) is 32.7 Å². The highest BCUT2D eigenvalue weighted by Gasteiger charge is 2.11. The van der Waals surface area contributed by atoms with E-state index in [2.05, 4.69) is 35.9 Å². The van der Waals surface area contributed by atoms with E-state index in [1.807, 2.05) is 18.2 Å². The standard InChI is InChI=1S/C12H12BrN5O/c13-11-10(17-9(18-11)3-4-14)6-1-2-7-8(5-6)16-12(19)15-7/h1-2,5H,3-4,14H2,(H,17,18)(H2,15,16,19). The van der Waals surface area contributed by atoms with Gasteiger partial charge in [0.1, 0.15) is 16.1 Å². The number of nitrogens with one attached hydrogen (secondary N) is 3. The summed E-state index contributed by atoms with van der Waals surface area (Å²) in [6, 6.07) is 5.66. The van der Waals surface area contributed by atoms with Crippen LogP contribution >= 0.6 is 15.9 Å². The minimum absolute atomic E-state index is 0.211. The van der Waals surface area contributed by atoms with Crippen molar-refractivity contribution in [2.45, 2.75) is 6.42 Å². The second-order valence-corrected chi connectivity index (χ2v) is 5.02. The number of hydrogen-bond donors (Lipinski definition) is 4. The van der Waals surface area contributed by atoms with E-state index >= 15 is 0 Å². The Morgan fingerprint density at radius 1 is 1.21 bits per heavy atom. The summed E-state index contributed by atoms with van der Waals surface area (Å²) in [5, 5.41) is 0. The topological polar surface area (TPSA) is 103 Å². The molecule has 0 unspecified atom stereocenters. The van der Waals surface area contributed by atoms with Gasteiger partial charge in [-0.05, 0) is 34.6 Å². The molecule has 3 rings (SSSR count). The zero-order chi connectivity index (χ0) is 13.4. The van der Waals surface area contributed by atoms with Gasteiger partial charge in [-0.25, -0.2) is 9.78 Å². The number of aromatic nitrogens is 4. The number of nitrogens with two attached hydrogens (primary N) is 1. The van der Waals surface area contributed by atoms with E-state index in [1.165, 1.54) is 0 Å². The SMILES string of the molecule is NCCc1nc(-c2ccc3[nH]c(=O)[nH]c3c2)c(Br)[nH]1. The van der Waals surface area contributed by atoms with Gasteiger partial charge in [-0.3, -0.25) is 0 Å². The minimum atomic E-state index is -0.211. The maximum absolute atomic E-state index is 11.2. The molecule has 0 aliphatic rings. The lowest BCUT2D eigenvalue weighted by atomic mass is 10.1. The van der Waals surface area contributed by atoms with Gasteiger partial charge < -0.3 is 20.7 Å². The molecule has 0 atom stereocenters. The Labute approximate surface area is 116 Å². The third kappa shape index (κ3) is 2.22. The maximum atomic E-state index is 11.2. The van der Waals surface area contributed by atoms with Crippen molar-refractivity contribution < 1.29 is 0 Å². The predicted octanol–water partition coefficient (Wildman–Crippen LogP) is 1.51. The first kappa shape index (κ1) is 12.2. The van der Waals surface area contributed by atoms with Crippen LogP contribution in [0.5, 0.6) is 0 Å². The summed E-state index contributed by atoms with van der Waals surface area (Å²) in [4.78, 5) is 24.3. The largest absolute Gasteiger partial charge is 0.336 e. The molecule has 3 aromatic rings. The van der Waals surface area contributed by atoms with Crippen LogP contribution in [0, 0.1) is 0 Å². The van der Waals surface area contributed by atoms with Crippen LogP contribution in [0.1, 0.15) is 5.82 Å². The van der Waals surface area contributed by atoms with Crippen molar-refractivity contribution in [3.8, 4) is 11.3 Å². The van der Waals surface area contributed by atoms with Gasteiger partial charge in [-0.15, -0.1) is 0 Å². The van der Waals surface area contributed by atoms with Crippen molar-refractivity contribution in [3.05, 3.63) is 39.1 Å². The fourth-order valence-electron chi connectivity index (χ4n) is 2.02. The molecule has 7 heteroatoms. The van der Waals surface area contributed by atoms with Gasteiger partial charge in [0.25, 0.3) is 0 Å². The second-order valence-electron chi connectivity index (χ2n) is 4.22. The van der Waals surface area contributed by atoms with Crippen molar-refractivity contribution in [2.75, 3.05) is 6.54 Å². The van der Waals surface area contributed by atoms with E-state index in [9.17, 15) is 4.79 Å². The quantitative estimate of drug-likeness (QED) is 0.587. The average molecular weight is 322 g/mol. The van der Waals surface area contributed by atoms with Gasteiger partial charge in [0.15, 0.2) is 0 Å². The summed E-state index contributed by atoms with van der Waals surface area (Å²) in [7, 11) is 0. The molecule has 1 aromatic carbocycles. The highest BCUT2D eigenvalue weighted by atomic mass is 79.9. The third-order valence-electron chi connectivity index (χ3n) is 2.88. The first-order valence-corrected chi connectivity index (χ1v) is 6.63. The van der Waals surface area contributed by atoms with E-state index in [4.69, 9.17) is 5.73 Å². The first-order valence-electron chi connectivity index (χ1n) is 5.84. The van der Waals surface area contributed by atoms with E-state index in [-0.39, 0.29) is 5.69 Å². The average Bonchev–Trinajstić information content (AvgIpc) is 2.90.